The predicted molar refractivity (Wildman–Crippen MR) is 117 cm³/mol. The Kier molecular flexibility index (Phi) is 4.98. The van der Waals surface area contributed by atoms with Crippen LogP contribution in [0.25, 0.3) is 11.5 Å². The molecule has 0 unspecified atom stereocenters. The molecule has 1 aliphatic carbocycles. The third kappa shape index (κ3) is 3.69. The Balaban J connectivity index is 1.37. The van der Waals surface area contributed by atoms with Gasteiger partial charge in [-0.1, -0.05) is 42.5 Å². The summed E-state index contributed by atoms with van der Waals surface area (Å²) in [6, 6.07) is 17.9. The van der Waals surface area contributed by atoms with E-state index >= 15 is 0 Å². The molecule has 0 saturated heterocycles. The van der Waals surface area contributed by atoms with Gasteiger partial charge in [0.2, 0.25) is 10.6 Å². The minimum atomic E-state index is 0.424. The van der Waals surface area contributed by atoms with Crippen molar-refractivity contribution in [2.24, 2.45) is 5.10 Å². The zero-order chi connectivity index (χ0) is 20.3. The Hall–Kier alpha value is -3.52. The molecule has 7 nitrogen and oxygen atoms in total. The van der Waals surface area contributed by atoms with Crippen LogP contribution >= 0.6 is 12.2 Å². The van der Waals surface area contributed by atoms with Crippen molar-refractivity contribution in [3.8, 4) is 17.3 Å². The Morgan fingerprint density at radius 2 is 1.97 bits per heavy atom. The number of nitrogens with zero attached hydrogens (tertiary/aromatic N) is 4. The number of aryl methyl sites for hydroxylation is 1. The molecule has 30 heavy (non-hydrogen) atoms. The number of benzene rings is 2. The maximum absolute atomic E-state index is 5.90. The van der Waals surface area contributed by atoms with E-state index in [9.17, 15) is 0 Å². The van der Waals surface area contributed by atoms with E-state index in [0.29, 0.717) is 17.2 Å². The normalized spacial score (nSPS) is 13.1. The lowest BCUT2D eigenvalue weighted by Gasteiger charge is -2.06. The molecule has 0 bridgehead atoms. The lowest BCUT2D eigenvalue weighted by molar-refractivity contribution is 0.306. The first-order valence-corrected chi connectivity index (χ1v) is 10.2. The zero-order valence-corrected chi connectivity index (χ0v) is 17.0. The fourth-order valence-corrected chi connectivity index (χ4v) is 3.79. The molecule has 2 aromatic carbocycles. The van der Waals surface area contributed by atoms with Crippen molar-refractivity contribution in [3.05, 3.63) is 81.8 Å². The summed E-state index contributed by atoms with van der Waals surface area (Å²) >= 11 is 5.38. The van der Waals surface area contributed by atoms with Crippen molar-refractivity contribution in [2.75, 3.05) is 0 Å². The van der Waals surface area contributed by atoms with E-state index < -0.39 is 0 Å². The van der Waals surface area contributed by atoms with E-state index in [1.54, 1.807) is 10.9 Å². The van der Waals surface area contributed by atoms with E-state index in [1.165, 1.54) is 11.3 Å². The Labute approximate surface area is 178 Å². The lowest BCUT2D eigenvalue weighted by Crippen LogP contribution is -1.98. The van der Waals surface area contributed by atoms with Gasteiger partial charge in [-0.05, 0) is 54.7 Å². The molecule has 0 aliphatic heterocycles. The van der Waals surface area contributed by atoms with Crippen molar-refractivity contribution >= 4 is 18.4 Å². The maximum atomic E-state index is 5.90. The van der Waals surface area contributed by atoms with E-state index in [4.69, 9.17) is 17.0 Å². The Morgan fingerprint density at radius 1 is 1.07 bits per heavy atom. The third-order valence-corrected chi connectivity index (χ3v) is 5.36. The standard InChI is InChI=1S/C22H20N6OS/c30-22-27-26-21(20-18-10-5-11-19(18)24-25-20)28(22)23-13-16-8-4-9-17(12-16)29-14-15-6-2-1-3-7-15/h1-4,6-9,12-13H,5,10-11,14H2,(H,24,25)(H,27,30). The lowest BCUT2D eigenvalue weighted by atomic mass is 10.2. The molecule has 0 spiro atoms. The first kappa shape index (κ1) is 18.5. The molecule has 4 aromatic rings. The molecular formula is C22H20N6OS. The molecule has 0 radical (unpaired) electrons. The highest BCUT2D eigenvalue weighted by atomic mass is 32.1. The van der Waals surface area contributed by atoms with Crippen LogP contribution in [0.4, 0.5) is 0 Å². The van der Waals surface area contributed by atoms with Crippen molar-refractivity contribution in [1.82, 2.24) is 25.1 Å². The minimum Gasteiger partial charge on any atom is -0.489 e. The van der Waals surface area contributed by atoms with Gasteiger partial charge >= 0.3 is 0 Å². The van der Waals surface area contributed by atoms with Gasteiger partial charge in [-0.3, -0.25) is 5.10 Å². The number of nitrogens with one attached hydrogen (secondary N) is 2. The number of ether oxygens (including phenoxy) is 1. The fourth-order valence-electron chi connectivity index (χ4n) is 3.61. The summed E-state index contributed by atoms with van der Waals surface area (Å²) in [6.45, 7) is 0.517. The summed E-state index contributed by atoms with van der Waals surface area (Å²) in [5, 5.41) is 19.3. The second-order valence-electron chi connectivity index (χ2n) is 7.14. The minimum absolute atomic E-state index is 0.424. The van der Waals surface area contributed by atoms with Gasteiger partial charge in [-0.2, -0.15) is 20.0 Å². The molecule has 1 aliphatic rings. The van der Waals surface area contributed by atoms with Crippen LogP contribution in [0.15, 0.2) is 59.7 Å². The van der Waals surface area contributed by atoms with Crippen LogP contribution in [-0.4, -0.2) is 31.3 Å². The molecule has 0 fully saturated rings. The van der Waals surface area contributed by atoms with Gasteiger partial charge in [0, 0.05) is 11.3 Å². The molecule has 2 aromatic heterocycles. The van der Waals surface area contributed by atoms with Crippen molar-refractivity contribution in [2.45, 2.75) is 25.9 Å². The second-order valence-corrected chi connectivity index (χ2v) is 7.53. The van der Waals surface area contributed by atoms with Crippen LogP contribution in [0.1, 0.15) is 28.8 Å². The van der Waals surface area contributed by atoms with E-state index in [-0.39, 0.29) is 0 Å². The first-order valence-electron chi connectivity index (χ1n) is 9.83. The Bertz CT molecular complexity index is 1250. The number of hydrogen-bond acceptors (Lipinski definition) is 5. The summed E-state index contributed by atoms with van der Waals surface area (Å²) < 4.78 is 7.94. The third-order valence-electron chi connectivity index (χ3n) is 5.10. The number of H-pyrrole nitrogens is 2. The van der Waals surface area contributed by atoms with Gasteiger partial charge in [0.15, 0.2) is 0 Å². The van der Waals surface area contributed by atoms with E-state index in [2.05, 4.69) is 25.5 Å². The predicted octanol–water partition coefficient (Wildman–Crippen LogP) is 4.28. The second kappa shape index (κ2) is 8.08. The van der Waals surface area contributed by atoms with Gasteiger partial charge in [-0.15, -0.1) is 0 Å². The van der Waals surface area contributed by atoms with Crippen LogP contribution < -0.4 is 4.74 Å². The number of aromatic amines is 2. The summed E-state index contributed by atoms with van der Waals surface area (Å²) in [5.74, 6) is 1.40. The number of rotatable bonds is 6. The molecule has 5 rings (SSSR count). The summed E-state index contributed by atoms with van der Waals surface area (Å²) in [5.41, 5.74) is 5.22. The highest BCUT2D eigenvalue weighted by Gasteiger charge is 2.23. The Morgan fingerprint density at radius 3 is 2.87 bits per heavy atom. The molecule has 0 atom stereocenters. The fraction of sp³-hybridized carbons (Fsp3) is 0.182. The quantitative estimate of drug-likeness (QED) is 0.363. The molecule has 0 amide bonds. The van der Waals surface area contributed by atoms with Crippen molar-refractivity contribution < 1.29 is 4.74 Å². The smallest absolute Gasteiger partial charge is 0.216 e. The molecule has 2 heterocycles. The van der Waals surface area contributed by atoms with Gasteiger partial charge in [-0.25, -0.2) is 5.10 Å². The summed E-state index contributed by atoms with van der Waals surface area (Å²) in [4.78, 5) is 0. The molecule has 2 N–H and O–H groups in total. The largest absolute Gasteiger partial charge is 0.489 e. The van der Waals surface area contributed by atoms with Gasteiger partial charge in [0.25, 0.3) is 0 Å². The average molecular weight is 417 g/mol. The van der Waals surface area contributed by atoms with Gasteiger partial charge < -0.3 is 4.74 Å². The first-order chi connectivity index (χ1) is 14.8. The monoisotopic (exact) mass is 416 g/mol. The van der Waals surface area contributed by atoms with Crippen LogP contribution in [-0.2, 0) is 19.4 Å². The topological polar surface area (TPSA) is 83.9 Å². The van der Waals surface area contributed by atoms with Crippen LogP contribution in [0.2, 0.25) is 0 Å². The average Bonchev–Trinajstić information content (AvgIpc) is 3.48. The molecule has 150 valence electrons. The van der Waals surface area contributed by atoms with Crippen LogP contribution in [0.3, 0.4) is 0 Å². The number of hydrogen-bond donors (Lipinski definition) is 2. The van der Waals surface area contributed by atoms with Crippen molar-refractivity contribution in [3.63, 3.8) is 0 Å². The highest BCUT2D eigenvalue weighted by molar-refractivity contribution is 7.71. The van der Waals surface area contributed by atoms with Crippen LogP contribution in [0, 0.1) is 4.77 Å². The summed E-state index contributed by atoms with van der Waals surface area (Å²) in [7, 11) is 0. The van der Waals surface area contributed by atoms with Crippen LogP contribution in [0.5, 0.6) is 5.75 Å². The van der Waals surface area contributed by atoms with Gasteiger partial charge in [0.05, 0.1) is 6.21 Å². The van der Waals surface area contributed by atoms with Crippen molar-refractivity contribution in [1.29, 1.82) is 0 Å². The molecule has 0 saturated carbocycles. The van der Waals surface area contributed by atoms with E-state index in [0.717, 1.165) is 41.8 Å². The summed E-state index contributed by atoms with van der Waals surface area (Å²) in [6.07, 6.45) is 4.88. The zero-order valence-electron chi connectivity index (χ0n) is 16.2. The SMILES string of the molecule is S=c1[nH]nc(-c2n[nH]c3c2CCC3)n1N=Cc1cccc(OCc2ccccc2)c1. The van der Waals surface area contributed by atoms with E-state index in [1.807, 2.05) is 54.6 Å². The molecular weight excluding hydrogens is 396 g/mol. The number of fused-ring (bicyclic) bond motifs is 1. The van der Waals surface area contributed by atoms with Gasteiger partial charge in [0.1, 0.15) is 18.1 Å². The maximum Gasteiger partial charge on any atom is 0.216 e. The number of aromatic nitrogens is 5. The molecule has 8 heteroatoms. The highest BCUT2D eigenvalue weighted by Crippen LogP contribution is 2.29.